The summed E-state index contributed by atoms with van der Waals surface area (Å²) in [5.41, 5.74) is 0.629. The molecule has 11 heteroatoms. The summed E-state index contributed by atoms with van der Waals surface area (Å²) >= 11 is 0. The molecule has 0 radical (unpaired) electrons. The molecular formula is C16H23F3N4O3S. The van der Waals surface area contributed by atoms with Crippen LogP contribution in [0.5, 0.6) is 0 Å². The average Bonchev–Trinajstić information content (AvgIpc) is 3.08. The van der Waals surface area contributed by atoms with Gasteiger partial charge in [-0.2, -0.15) is 18.3 Å². The van der Waals surface area contributed by atoms with Crippen LogP contribution in [0, 0.1) is 12.8 Å². The molecule has 0 unspecified atom stereocenters. The smallest absolute Gasteiger partial charge is 0.310 e. The lowest BCUT2D eigenvalue weighted by atomic mass is 9.97. The molecule has 0 aromatic carbocycles. The Morgan fingerprint density at radius 3 is 2.74 bits per heavy atom. The van der Waals surface area contributed by atoms with Gasteiger partial charge in [0.15, 0.2) is 9.84 Å². The van der Waals surface area contributed by atoms with Crippen molar-refractivity contribution in [2.45, 2.75) is 38.4 Å². The van der Waals surface area contributed by atoms with E-state index in [0.29, 0.717) is 30.9 Å². The summed E-state index contributed by atoms with van der Waals surface area (Å²) in [6.45, 7) is 1.85. The van der Waals surface area contributed by atoms with E-state index < -0.39 is 27.8 Å². The number of rotatable bonds is 4. The van der Waals surface area contributed by atoms with E-state index in [1.54, 1.807) is 13.0 Å². The molecule has 1 amide bonds. The van der Waals surface area contributed by atoms with E-state index in [9.17, 15) is 26.4 Å². The van der Waals surface area contributed by atoms with Gasteiger partial charge in [0, 0.05) is 12.6 Å². The first-order valence-electron chi connectivity index (χ1n) is 8.89. The molecule has 0 spiro atoms. The predicted octanol–water partition coefficient (Wildman–Crippen LogP) is 1.76. The second-order valence-electron chi connectivity index (χ2n) is 7.34. The van der Waals surface area contributed by atoms with Crippen LogP contribution in [0.3, 0.4) is 0 Å². The highest BCUT2D eigenvalue weighted by Crippen LogP contribution is 2.33. The van der Waals surface area contributed by atoms with Crippen LogP contribution in [0.2, 0.25) is 0 Å². The quantitative estimate of drug-likeness (QED) is 0.821. The molecule has 152 valence electrons. The van der Waals surface area contributed by atoms with Gasteiger partial charge in [0.1, 0.15) is 5.82 Å². The van der Waals surface area contributed by atoms with E-state index in [1.807, 2.05) is 0 Å². The standard InChI is InChI=1S/C16H23F3N4O3S/c1-11-7-14(23(21-11)13-4-6-27(25,26)10-13)20-15(24)9-22-5-2-3-12(8-22)16(17,18)19/h7,12-13H,2-6,8-10H2,1H3,(H,20,24)/t12-,13+/m1/s1. The molecule has 0 bridgehead atoms. The predicted molar refractivity (Wildman–Crippen MR) is 93.1 cm³/mol. The monoisotopic (exact) mass is 408 g/mol. The van der Waals surface area contributed by atoms with Crippen molar-refractivity contribution >= 4 is 21.6 Å². The first-order valence-corrected chi connectivity index (χ1v) is 10.7. The maximum Gasteiger partial charge on any atom is 0.393 e. The Labute approximate surface area is 155 Å². The number of carbonyl (C=O) groups excluding carboxylic acids is 1. The zero-order chi connectivity index (χ0) is 19.8. The number of hydrogen-bond acceptors (Lipinski definition) is 5. The molecule has 2 atom stereocenters. The van der Waals surface area contributed by atoms with Gasteiger partial charge in [0.05, 0.1) is 35.7 Å². The maximum atomic E-state index is 12.9. The summed E-state index contributed by atoms with van der Waals surface area (Å²) < 4.78 is 63.6. The van der Waals surface area contributed by atoms with Crippen LogP contribution in [-0.2, 0) is 14.6 Å². The first-order chi connectivity index (χ1) is 12.5. The molecule has 2 fully saturated rings. The molecule has 2 aliphatic heterocycles. The summed E-state index contributed by atoms with van der Waals surface area (Å²) in [5.74, 6) is -1.41. The molecule has 0 saturated carbocycles. The van der Waals surface area contributed by atoms with Gasteiger partial charge in [0.2, 0.25) is 5.91 Å². The average molecular weight is 408 g/mol. The minimum Gasteiger partial charge on any atom is -0.310 e. The number of halogens is 3. The number of anilines is 1. The molecule has 2 aliphatic rings. The molecule has 1 aromatic heterocycles. The van der Waals surface area contributed by atoms with Gasteiger partial charge in [-0.3, -0.25) is 9.69 Å². The molecule has 2 saturated heterocycles. The lowest BCUT2D eigenvalue weighted by Gasteiger charge is -2.33. The van der Waals surface area contributed by atoms with Crippen molar-refractivity contribution in [3.8, 4) is 0 Å². The van der Waals surface area contributed by atoms with Crippen LogP contribution < -0.4 is 5.32 Å². The fourth-order valence-corrected chi connectivity index (χ4v) is 5.40. The lowest BCUT2D eigenvalue weighted by Crippen LogP contribution is -2.44. The molecule has 27 heavy (non-hydrogen) atoms. The first kappa shape index (κ1) is 20.1. The second kappa shape index (κ2) is 7.42. The van der Waals surface area contributed by atoms with Crippen molar-refractivity contribution in [2.75, 3.05) is 36.5 Å². The number of piperidine rings is 1. The Hall–Kier alpha value is -1.62. The molecular weight excluding hydrogens is 385 g/mol. The topological polar surface area (TPSA) is 84.3 Å². The van der Waals surface area contributed by atoms with Gasteiger partial charge < -0.3 is 5.32 Å². The number of carbonyl (C=O) groups is 1. The van der Waals surface area contributed by atoms with E-state index in [1.165, 1.54) is 9.58 Å². The van der Waals surface area contributed by atoms with Crippen molar-refractivity contribution in [1.82, 2.24) is 14.7 Å². The van der Waals surface area contributed by atoms with E-state index in [-0.39, 0.29) is 37.1 Å². The van der Waals surface area contributed by atoms with Crippen LogP contribution in [-0.4, -0.2) is 66.3 Å². The van der Waals surface area contributed by atoms with Gasteiger partial charge in [0.25, 0.3) is 0 Å². The fraction of sp³-hybridized carbons (Fsp3) is 0.750. The third-order valence-corrected chi connectivity index (χ3v) is 6.77. The molecule has 3 heterocycles. The zero-order valence-corrected chi connectivity index (χ0v) is 15.8. The highest BCUT2D eigenvalue weighted by molar-refractivity contribution is 7.91. The summed E-state index contributed by atoms with van der Waals surface area (Å²) in [7, 11) is -3.11. The number of aryl methyl sites for hydroxylation is 1. The van der Waals surface area contributed by atoms with Crippen molar-refractivity contribution < 1.29 is 26.4 Å². The summed E-state index contributed by atoms with van der Waals surface area (Å²) in [5, 5.41) is 6.96. The van der Waals surface area contributed by atoms with Crippen molar-refractivity contribution in [3.63, 3.8) is 0 Å². The van der Waals surface area contributed by atoms with Gasteiger partial charge in [-0.15, -0.1) is 0 Å². The van der Waals surface area contributed by atoms with Crippen LogP contribution in [0.4, 0.5) is 19.0 Å². The number of amides is 1. The number of aromatic nitrogens is 2. The van der Waals surface area contributed by atoms with E-state index in [2.05, 4.69) is 10.4 Å². The number of nitrogens with one attached hydrogen (secondary N) is 1. The number of likely N-dealkylation sites (tertiary alicyclic amines) is 1. The van der Waals surface area contributed by atoms with Gasteiger partial charge in [-0.05, 0) is 32.7 Å². The van der Waals surface area contributed by atoms with Crippen LogP contribution in [0.1, 0.15) is 31.0 Å². The summed E-state index contributed by atoms with van der Waals surface area (Å²) in [6, 6.07) is 1.29. The minimum absolute atomic E-state index is 0.0314. The zero-order valence-electron chi connectivity index (χ0n) is 15.0. The van der Waals surface area contributed by atoms with Crippen molar-refractivity contribution in [1.29, 1.82) is 0 Å². The lowest BCUT2D eigenvalue weighted by molar-refractivity contribution is -0.186. The van der Waals surface area contributed by atoms with E-state index in [0.717, 1.165) is 0 Å². The summed E-state index contributed by atoms with van der Waals surface area (Å²) in [6.07, 6.45) is -3.34. The summed E-state index contributed by atoms with van der Waals surface area (Å²) in [4.78, 5) is 13.9. The molecule has 1 N–H and O–H groups in total. The fourth-order valence-electron chi connectivity index (χ4n) is 3.71. The number of sulfone groups is 1. The number of nitrogens with zero attached hydrogens (tertiary/aromatic N) is 3. The van der Waals surface area contributed by atoms with Crippen LogP contribution in [0.15, 0.2) is 6.07 Å². The highest BCUT2D eigenvalue weighted by atomic mass is 32.2. The number of hydrogen-bond donors (Lipinski definition) is 1. The van der Waals surface area contributed by atoms with Crippen LogP contribution >= 0.6 is 0 Å². The van der Waals surface area contributed by atoms with Gasteiger partial charge >= 0.3 is 6.18 Å². The molecule has 3 rings (SSSR count). The normalized spacial score (nSPS) is 26.2. The van der Waals surface area contributed by atoms with Gasteiger partial charge in [-0.25, -0.2) is 13.1 Å². The second-order valence-corrected chi connectivity index (χ2v) is 9.57. The Morgan fingerprint density at radius 1 is 1.37 bits per heavy atom. The van der Waals surface area contributed by atoms with E-state index in [4.69, 9.17) is 0 Å². The SMILES string of the molecule is Cc1cc(NC(=O)CN2CCC[C@@H](C(F)(F)F)C2)n([C@H]2CCS(=O)(=O)C2)n1. The van der Waals surface area contributed by atoms with Gasteiger partial charge in [-0.1, -0.05) is 0 Å². The molecule has 7 nitrogen and oxygen atoms in total. The number of alkyl halides is 3. The van der Waals surface area contributed by atoms with E-state index >= 15 is 0 Å². The Bertz CT molecular complexity index is 806. The van der Waals surface area contributed by atoms with Crippen LogP contribution in [0.25, 0.3) is 0 Å². The third-order valence-electron chi connectivity index (χ3n) is 5.02. The Kier molecular flexibility index (Phi) is 5.53. The highest BCUT2D eigenvalue weighted by Gasteiger charge is 2.42. The molecule has 0 aliphatic carbocycles. The van der Waals surface area contributed by atoms with Crippen molar-refractivity contribution in [2.24, 2.45) is 5.92 Å². The van der Waals surface area contributed by atoms with Crippen molar-refractivity contribution in [3.05, 3.63) is 11.8 Å². The Morgan fingerprint density at radius 2 is 2.11 bits per heavy atom. The maximum absolute atomic E-state index is 12.9. The molecule has 1 aromatic rings. The Balaban J connectivity index is 1.63. The third kappa shape index (κ3) is 5.01. The largest absolute Gasteiger partial charge is 0.393 e. The minimum atomic E-state index is -4.25.